The Kier molecular flexibility index (Phi) is 7.04. The van der Waals surface area contributed by atoms with Gasteiger partial charge in [0.1, 0.15) is 0 Å². The number of hydrogen-bond acceptors (Lipinski definition) is 3. The van der Waals surface area contributed by atoms with E-state index < -0.39 is 0 Å². The summed E-state index contributed by atoms with van der Waals surface area (Å²) in [6.45, 7) is 4.28. The monoisotopic (exact) mass is 317 g/mol. The second-order valence-electron chi connectivity index (χ2n) is 6.22. The molecule has 0 saturated carbocycles. The molecular weight excluding hydrogens is 290 g/mol. The van der Waals surface area contributed by atoms with E-state index >= 15 is 0 Å². The van der Waals surface area contributed by atoms with Gasteiger partial charge in [0.25, 0.3) is 0 Å². The Balaban J connectivity index is 1.74. The van der Waals surface area contributed by atoms with Gasteiger partial charge in [-0.1, -0.05) is 13.0 Å². The van der Waals surface area contributed by atoms with Crippen molar-refractivity contribution in [2.75, 3.05) is 19.6 Å². The van der Waals surface area contributed by atoms with Crippen molar-refractivity contribution in [3.8, 4) is 0 Å². The van der Waals surface area contributed by atoms with Crippen LogP contribution in [0.25, 0.3) is 0 Å². The molecule has 1 aliphatic heterocycles. The zero-order chi connectivity index (χ0) is 16.5. The summed E-state index contributed by atoms with van der Waals surface area (Å²) < 4.78 is 0. The van der Waals surface area contributed by atoms with Gasteiger partial charge in [0.05, 0.1) is 0 Å². The number of likely N-dealkylation sites (tertiary alicyclic amines) is 1. The molecule has 126 valence electrons. The molecule has 0 aromatic carbocycles. The van der Waals surface area contributed by atoms with Gasteiger partial charge in [0.15, 0.2) is 0 Å². The van der Waals surface area contributed by atoms with E-state index in [1.165, 1.54) is 0 Å². The van der Waals surface area contributed by atoms with Crippen molar-refractivity contribution in [2.24, 2.45) is 5.92 Å². The van der Waals surface area contributed by atoms with Gasteiger partial charge in [-0.2, -0.15) is 0 Å². The van der Waals surface area contributed by atoms with E-state index in [-0.39, 0.29) is 11.8 Å². The van der Waals surface area contributed by atoms with Crippen molar-refractivity contribution in [2.45, 2.75) is 45.4 Å². The van der Waals surface area contributed by atoms with Crippen LogP contribution >= 0.6 is 0 Å². The summed E-state index contributed by atoms with van der Waals surface area (Å²) in [4.78, 5) is 30.1. The van der Waals surface area contributed by atoms with E-state index in [4.69, 9.17) is 0 Å². The van der Waals surface area contributed by atoms with Gasteiger partial charge in [-0.05, 0) is 43.7 Å². The molecule has 0 bridgehead atoms. The minimum Gasteiger partial charge on any atom is -0.356 e. The normalized spacial score (nSPS) is 17.8. The highest BCUT2D eigenvalue weighted by molar-refractivity contribution is 5.77. The molecule has 0 radical (unpaired) electrons. The molecule has 1 unspecified atom stereocenters. The fourth-order valence-electron chi connectivity index (χ4n) is 2.97. The molecule has 2 amide bonds. The average Bonchev–Trinajstić information content (AvgIpc) is 2.59. The molecule has 5 nitrogen and oxygen atoms in total. The first-order chi connectivity index (χ1) is 11.2. The Hall–Kier alpha value is -1.91. The maximum absolute atomic E-state index is 12.4. The van der Waals surface area contributed by atoms with Crippen molar-refractivity contribution in [3.63, 3.8) is 0 Å². The molecule has 2 rings (SSSR count). The third kappa shape index (κ3) is 6.00. The van der Waals surface area contributed by atoms with E-state index in [2.05, 4.69) is 10.3 Å². The minimum atomic E-state index is 0.117. The first kappa shape index (κ1) is 17.4. The highest BCUT2D eigenvalue weighted by atomic mass is 16.2. The van der Waals surface area contributed by atoms with E-state index in [9.17, 15) is 9.59 Å². The van der Waals surface area contributed by atoms with Gasteiger partial charge in [0, 0.05) is 44.4 Å². The summed E-state index contributed by atoms with van der Waals surface area (Å²) in [6.07, 6.45) is 6.50. The number of hydrogen-bond donors (Lipinski definition) is 1. The SMILES string of the molecule is CCCC(=O)NCC1CCCN(C(=O)CCc2ccccn2)C1. The molecular formula is C18H27N3O2. The third-order valence-electron chi connectivity index (χ3n) is 4.26. The summed E-state index contributed by atoms with van der Waals surface area (Å²) in [5, 5.41) is 2.98. The molecule has 23 heavy (non-hydrogen) atoms. The Morgan fingerprint density at radius 1 is 1.35 bits per heavy atom. The molecule has 1 aromatic rings. The largest absolute Gasteiger partial charge is 0.356 e. The molecule has 2 heterocycles. The van der Waals surface area contributed by atoms with E-state index in [1.54, 1.807) is 6.20 Å². The third-order valence-corrected chi connectivity index (χ3v) is 4.26. The number of nitrogens with one attached hydrogen (secondary N) is 1. The zero-order valence-corrected chi connectivity index (χ0v) is 14.0. The van der Waals surface area contributed by atoms with E-state index in [0.717, 1.165) is 38.0 Å². The second kappa shape index (κ2) is 9.28. The number of aryl methyl sites for hydroxylation is 1. The molecule has 1 fully saturated rings. The number of amides is 2. The molecule has 1 aliphatic rings. The van der Waals surface area contributed by atoms with Crippen LogP contribution in [0, 0.1) is 5.92 Å². The number of carbonyl (C=O) groups excluding carboxylic acids is 2. The summed E-state index contributed by atoms with van der Waals surface area (Å²) in [5.41, 5.74) is 0.959. The highest BCUT2D eigenvalue weighted by Crippen LogP contribution is 2.17. The molecule has 0 aliphatic carbocycles. The van der Waals surface area contributed by atoms with Crippen molar-refractivity contribution in [1.29, 1.82) is 0 Å². The zero-order valence-electron chi connectivity index (χ0n) is 14.0. The van der Waals surface area contributed by atoms with Crippen LogP contribution in [0.2, 0.25) is 0 Å². The van der Waals surface area contributed by atoms with Crippen molar-refractivity contribution in [1.82, 2.24) is 15.2 Å². The van der Waals surface area contributed by atoms with E-state index in [0.29, 0.717) is 31.7 Å². The lowest BCUT2D eigenvalue weighted by Crippen LogP contribution is -2.43. The highest BCUT2D eigenvalue weighted by Gasteiger charge is 2.23. The average molecular weight is 317 g/mol. The number of carbonyl (C=O) groups is 2. The van der Waals surface area contributed by atoms with Crippen LogP contribution in [0.4, 0.5) is 0 Å². The van der Waals surface area contributed by atoms with E-state index in [1.807, 2.05) is 30.0 Å². The van der Waals surface area contributed by atoms with Gasteiger partial charge in [0.2, 0.25) is 11.8 Å². The number of piperidine rings is 1. The molecule has 5 heteroatoms. The summed E-state index contributed by atoms with van der Waals surface area (Å²) >= 11 is 0. The number of aromatic nitrogens is 1. The van der Waals surface area contributed by atoms with Crippen molar-refractivity contribution < 1.29 is 9.59 Å². The lowest BCUT2D eigenvalue weighted by molar-refractivity contribution is -0.132. The number of nitrogens with zero attached hydrogens (tertiary/aromatic N) is 2. The lowest BCUT2D eigenvalue weighted by Gasteiger charge is -2.33. The lowest BCUT2D eigenvalue weighted by atomic mass is 9.97. The van der Waals surface area contributed by atoms with Crippen LogP contribution in [0.15, 0.2) is 24.4 Å². The van der Waals surface area contributed by atoms with Crippen LogP contribution in [-0.4, -0.2) is 41.3 Å². The molecule has 1 atom stereocenters. The quantitative estimate of drug-likeness (QED) is 0.838. The minimum absolute atomic E-state index is 0.117. The fraction of sp³-hybridized carbons (Fsp3) is 0.611. The Labute approximate surface area is 138 Å². The van der Waals surface area contributed by atoms with Gasteiger partial charge in [-0.25, -0.2) is 0 Å². The van der Waals surface area contributed by atoms with Gasteiger partial charge in [-0.15, -0.1) is 0 Å². The van der Waals surface area contributed by atoms with Crippen LogP contribution in [0.5, 0.6) is 0 Å². The van der Waals surface area contributed by atoms with Gasteiger partial charge in [-0.3, -0.25) is 14.6 Å². The molecule has 1 N–H and O–H groups in total. The number of pyridine rings is 1. The molecule has 1 aromatic heterocycles. The first-order valence-electron chi connectivity index (χ1n) is 8.63. The van der Waals surface area contributed by atoms with Crippen LogP contribution in [-0.2, 0) is 16.0 Å². The Morgan fingerprint density at radius 3 is 2.96 bits per heavy atom. The smallest absolute Gasteiger partial charge is 0.222 e. The van der Waals surface area contributed by atoms with Gasteiger partial charge < -0.3 is 10.2 Å². The van der Waals surface area contributed by atoms with Crippen LogP contribution < -0.4 is 5.32 Å². The predicted molar refractivity (Wildman–Crippen MR) is 89.8 cm³/mol. The van der Waals surface area contributed by atoms with Crippen LogP contribution in [0.1, 0.15) is 44.7 Å². The Bertz CT molecular complexity index is 504. The standard InChI is InChI=1S/C18H27N3O2/c1-2-6-17(22)20-13-15-7-5-12-21(14-15)18(23)10-9-16-8-3-4-11-19-16/h3-4,8,11,15H,2,5-7,9-10,12-14H2,1H3,(H,20,22). The Morgan fingerprint density at radius 2 is 2.22 bits per heavy atom. The fourth-order valence-corrected chi connectivity index (χ4v) is 2.97. The second-order valence-corrected chi connectivity index (χ2v) is 6.22. The molecule has 0 spiro atoms. The summed E-state index contributed by atoms with van der Waals surface area (Å²) in [6, 6.07) is 5.78. The van der Waals surface area contributed by atoms with Crippen molar-refractivity contribution in [3.05, 3.63) is 30.1 Å². The topological polar surface area (TPSA) is 62.3 Å². The van der Waals surface area contributed by atoms with Gasteiger partial charge >= 0.3 is 0 Å². The summed E-state index contributed by atoms with van der Waals surface area (Å²) in [5.74, 6) is 0.690. The first-order valence-corrected chi connectivity index (χ1v) is 8.63. The predicted octanol–water partition coefficient (Wildman–Crippen LogP) is 2.17. The maximum Gasteiger partial charge on any atom is 0.222 e. The summed E-state index contributed by atoms with van der Waals surface area (Å²) in [7, 11) is 0. The molecule has 1 saturated heterocycles. The maximum atomic E-state index is 12.4. The van der Waals surface area contributed by atoms with Crippen molar-refractivity contribution >= 4 is 11.8 Å². The number of rotatable bonds is 7. The van der Waals surface area contributed by atoms with Crippen LogP contribution in [0.3, 0.4) is 0 Å².